The van der Waals surface area contributed by atoms with E-state index in [4.69, 9.17) is 5.26 Å². The Kier molecular flexibility index (Phi) is 4.24. The number of nitrogens with one attached hydrogen (secondary N) is 2. The molecular formula is C13H12FN5. The van der Waals surface area contributed by atoms with Crippen molar-refractivity contribution in [3.8, 4) is 6.19 Å². The molecule has 96 valence electrons. The molecule has 0 spiro atoms. The molecule has 2 N–H and O–H groups in total. The molecule has 5 nitrogen and oxygen atoms in total. The number of halogens is 1. The van der Waals surface area contributed by atoms with E-state index in [1.54, 1.807) is 18.3 Å². The Morgan fingerprint density at radius 2 is 2.05 bits per heavy atom. The minimum absolute atomic E-state index is 0.236. The van der Waals surface area contributed by atoms with Gasteiger partial charge in [0.2, 0.25) is 0 Å². The molecule has 0 aliphatic carbocycles. The van der Waals surface area contributed by atoms with Crippen LogP contribution in [0.4, 0.5) is 16.0 Å². The maximum Gasteiger partial charge on any atom is 0.182 e. The van der Waals surface area contributed by atoms with Crippen LogP contribution in [0.2, 0.25) is 0 Å². The summed E-state index contributed by atoms with van der Waals surface area (Å²) < 4.78 is 13.0. The van der Waals surface area contributed by atoms with Crippen molar-refractivity contribution in [2.45, 2.75) is 6.42 Å². The molecular weight excluding hydrogens is 245 g/mol. The van der Waals surface area contributed by atoms with E-state index in [9.17, 15) is 4.39 Å². The van der Waals surface area contributed by atoms with Crippen LogP contribution in [-0.2, 0) is 6.42 Å². The van der Waals surface area contributed by atoms with Gasteiger partial charge in [0.05, 0.1) is 0 Å². The van der Waals surface area contributed by atoms with Crippen molar-refractivity contribution in [1.29, 1.82) is 5.26 Å². The van der Waals surface area contributed by atoms with Gasteiger partial charge in [-0.05, 0) is 24.1 Å². The average Bonchev–Trinajstić information content (AvgIpc) is 2.40. The Morgan fingerprint density at radius 1 is 1.21 bits per heavy atom. The molecule has 0 saturated heterocycles. The van der Waals surface area contributed by atoms with Crippen LogP contribution in [0, 0.1) is 17.3 Å². The lowest BCUT2D eigenvalue weighted by molar-refractivity contribution is 0.625. The van der Waals surface area contributed by atoms with Gasteiger partial charge in [-0.1, -0.05) is 12.1 Å². The van der Waals surface area contributed by atoms with E-state index in [1.165, 1.54) is 18.5 Å². The van der Waals surface area contributed by atoms with E-state index in [0.29, 0.717) is 24.6 Å². The summed E-state index contributed by atoms with van der Waals surface area (Å²) in [5.41, 5.74) is 0.914. The molecule has 6 heteroatoms. The standard InChI is InChI=1S/C13H12FN5/c14-11-3-1-2-10(6-11)4-5-16-12-7-13(17-8-15)19-9-18-12/h1-3,6-7,9H,4-5H2,(H2,16,17,18,19). The Balaban J connectivity index is 1.89. The molecule has 2 rings (SSSR count). The number of anilines is 2. The number of benzene rings is 1. The molecule has 1 aromatic heterocycles. The number of hydrogen-bond donors (Lipinski definition) is 2. The van der Waals surface area contributed by atoms with Gasteiger partial charge in [-0.2, -0.15) is 5.26 Å². The molecule has 1 heterocycles. The molecule has 0 bridgehead atoms. The van der Waals surface area contributed by atoms with Gasteiger partial charge < -0.3 is 5.32 Å². The van der Waals surface area contributed by atoms with Crippen LogP contribution < -0.4 is 10.6 Å². The van der Waals surface area contributed by atoms with Crippen molar-refractivity contribution < 1.29 is 4.39 Å². The molecule has 0 saturated carbocycles. The number of hydrogen-bond acceptors (Lipinski definition) is 5. The first-order valence-corrected chi connectivity index (χ1v) is 5.73. The van der Waals surface area contributed by atoms with Crippen LogP contribution in [0.1, 0.15) is 5.56 Å². The zero-order valence-corrected chi connectivity index (χ0v) is 10.1. The number of nitriles is 1. The van der Waals surface area contributed by atoms with Crippen LogP contribution in [0.3, 0.4) is 0 Å². The number of nitrogens with zero attached hydrogens (tertiary/aromatic N) is 3. The molecule has 0 aliphatic heterocycles. The second kappa shape index (κ2) is 6.31. The van der Waals surface area contributed by atoms with E-state index < -0.39 is 0 Å². The predicted molar refractivity (Wildman–Crippen MR) is 69.9 cm³/mol. The summed E-state index contributed by atoms with van der Waals surface area (Å²) in [6, 6.07) is 8.11. The second-order valence-electron chi connectivity index (χ2n) is 3.83. The Morgan fingerprint density at radius 3 is 2.84 bits per heavy atom. The fraction of sp³-hybridized carbons (Fsp3) is 0.154. The predicted octanol–water partition coefficient (Wildman–Crippen LogP) is 2.16. The van der Waals surface area contributed by atoms with Crippen molar-refractivity contribution >= 4 is 11.6 Å². The number of aromatic nitrogens is 2. The van der Waals surface area contributed by atoms with E-state index in [2.05, 4.69) is 20.6 Å². The van der Waals surface area contributed by atoms with Gasteiger partial charge in [-0.3, -0.25) is 5.32 Å². The molecule has 0 radical (unpaired) electrons. The van der Waals surface area contributed by atoms with Crippen molar-refractivity contribution in [2.75, 3.05) is 17.2 Å². The van der Waals surface area contributed by atoms with Gasteiger partial charge in [0.15, 0.2) is 6.19 Å². The van der Waals surface area contributed by atoms with E-state index in [0.717, 1.165) is 5.56 Å². The third-order valence-electron chi connectivity index (χ3n) is 2.46. The largest absolute Gasteiger partial charge is 0.370 e. The number of rotatable bonds is 5. The first-order chi connectivity index (χ1) is 9.28. The van der Waals surface area contributed by atoms with Gasteiger partial charge >= 0.3 is 0 Å². The lowest BCUT2D eigenvalue weighted by Crippen LogP contribution is -2.07. The Bertz CT molecular complexity index is 594. The SMILES string of the molecule is N#CNc1cc(NCCc2cccc(F)c2)ncn1. The van der Waals surface area contributed by atoms with Gasteiger partial charge in [0.1, 0.15) is 23.8 Å². The highest BCUT2D eigenvalue weighted by atomic mass is 19.1. The summed E-state index contributed by atoms with van der Waals surface area (Å²) >= 11 is 0. The highest BCUT2D eigenvalue weighted by molar-refractivity contribution is 5.48. The Hall–Kier alpha value is -2.68. The summed E-state index contributed by atoms with van der Waals surface area (Å²) in [6.45, 7) is 0.618. The third-order valence-corrected chi connectivity index (χ3v) is 2.46. The highest BCUT2D eigenvalue weighted by Gasteiger charge is 1.99. The lowest BCUT2D eigenvalue weighted by Gasteiger charge is -2.06. The van der Waals surface area contributed by atoms with E-state index in [1.807, 2.05) is 6.07 Å². The molecule has 0 aliphatic rings. The smallest absolute Gasteiger partial charge is 0.182 e. The Labute approximate surface area is 110 Å². The fourth-order valence-corrected chi connectivity index (χ4v) is 1.61. The van der Waals surface area contributed by atoms with Crippen LogP contribution in [-0.4, -0.2) is 16.5 Å². The van der Waals surface area contributed by atoms with Crippen molar-refractivity contribution in [3.63, 3.8) is 0 Å². The van der Waals surface area contributed by atoms with Gasteiger partial charge in [-0.15, -0.1) is 0 Å². The van der Waals surface area contributed by atoms with Crippen LogP contribution >= 0.6 is 0 Å². The maximum atomic E-state index is 13.0. The topological polar surface area (TPSA) is 73.6 Å². The van der Waals surface area contributed by atoms with Gasteiger partial charge in [-0.25, -0.2) is 14.4 Å². The average molecular weight is 257 g/mol. The second-order valence-corrected chi connectivity index (χ2v) is 3.83. The summed E-state index contributed by atoms with van der Waals surface area (Å²) in [4.78, 5) is 7.90. The van der Waals surface area contributed by atoms with Crippen molar-refractivity contribution in [2.24, 2.45) is 0 Å². The zero-order valence-electron chi connectivity index (χ0n) is 10.1. The monoisotopic (exact) mass is 257 g/mol. The molecule has 19 heavy (non-hydrogen) atoms. The summed E-state index contributed by atoms with van der Waals surface area (Å²) in [6.07, 6.45) is 3.84. The summed E-state index contributed by atoms with van der Waals surface area (Å²) in [5.74, 6) is 0.815. The van der Waals surface area contributed by atoms with Crippen molar-refractivity contribution in [1.82, 2.24) is 9.97 Å². The first-order valence-electron chi connectivity index (χ1n) is 5.73. The van der Waals surface area contributed by atoms with E-state index in [-0.39, 0.29) is 5.82 Å². The van der Waals surface area contributed by atoms with Crippen LogP contribution in [0.25, 0.3) is 0 Å². The summed E-state index contributed by atoms with van der Waals surface area (Å²) in [7, 11) is 0. The molecule has 0 fully saturated rings. The van der Waals surface area contributed by atoms with Crippen LogP contribution in [0.5, 0.6) is 0 Å². The first kappa shape index (κ1) is 12.8. The van der Waals surface area contributed by atoms with Gasteiger partial charge in [0.25, 0.3) is 0 Å². The highest BCUT2D eigenvalue weighted by Crippen LogP contribution is 2.09. The normalized spacial score (nSPS) is 9.68. The van der Waals surface area contributed by atoms with Crippen LogP contribution in [0.15, 0.2) is 36.7 Å². The third kappa shape index (κ3) is 3.92. The van der Waals surface area contributed by atoms with E-state index >= 15 is 0 Å². The molecule has 2 aromatic rings. The summed E-state index contributed by atoms with van der Waals surface area (Å²) in [5, 5.41) is 14.0. The quantitative estimate of drug-likeness (QED) is 0.634. The molecule has 0 amide bonds. The minimum atomic E-state index is -0.236. The minimum Gasteiger partial charge on any atom is -0.370 e. The fourth-order valence-electron chi connectivity index (χ4n) is 1.61. The van der Waals surface area contributed by atoms with Gasteiger partial charge in [0, 0.05) is 12.6 Å². The zero-order chi connectivity index (χ0) is 13.5. The lowest BCUT2D eigenvalue weighted by atomic mass is 10.1. The maximum absolute atomic E-state index is 13.0. The molecule has 1 aromatic carbocycles. The van der Waals surface area contributed by atoms with Crippen molar-refractivity contribution in [3.05, 3.63) is 48.0 Å². The molecule has 0 unspecified atom stereocenters. The molecule has 0 atom stereocenters.